The Morgan fingerprint density at radius 1 is 1.44 bits per heavy atom. The molecule has 0 aromatic carbocycles. The highest BCUT2D eigenvalue weighted by atomic mass is 32.2. The third kappa shape index (κ3) is 4.00. The monoisotopic (exact) mass is 278 g/mol. The number of hydrogen-bond acceptors (Lipinski definition) is 5. The normalized spacial score (nSPS) is 24.2. The summed E-state index contributed by atoms with van der Waals surface area (Å²) in [7, 11) is -3.29. The Labute approximate surface area is 104 Å². The first-order chi connectivity index (χ1) is 8.21. The van der Waals surface area contributed by atoms with Crippen LogP contribution in [0.5, 0.6) is 0 Å². The van der Waals surface area contributed by atoms with E-state index in [4.69, 9.17) is 10.2 Å². The lowest BCUT2D eigenvalue weighted by molar-refractivity contribution is -0.141. The van der Waals surface area contributed by atoms with Gasteiger partial charge in [0.2, 0.25) is 0 Å². The van der Waals surface area contributed by atoms with Gasteiger partial charge in [-0.05, 0) is 13.0 Å². The molecule has 1 aliphatic heterocycles. The number of urea groups is 1. The average Bonchev–Trinajstić information content (AvgIpc) is 2.53. The lowest BCUT2D eigenvalue weighted by atomic mass is 10.2. The highest BCUT2D eigenvalue weighted by molar-refractivity contribution is 7.94. The number of sulfone groups is 1. The zero-order valence-corrected chi connectivity index (χ0v) is 10.3. The molecule has 0 saturated carbocycles. The van der Waals surface area contributed by atoms with Gasteiger partial charge in [-0.1, -0.05) is 0 Å². The second-order valence-corrected chi connectivity index (χ2v) is 5.87. The minimum absolute atomic E-state index is 0.257. The van der Waals surface area contributed by atoms with Crippen LogP contribution in [0, 0.1) is 0 Å². The highest BCUT2D eigenvalue weighted by Gasteiger charge is 2.27. The van der Waals surface area contributed by atoms with Crippen molar-refractivity contribution in [2.24, 2.45) is 0 Å². The van der Waals surface area contributed by atoms with Crippen LogP contribution in [-0.2, 0) is 14.6 Å². The van der Waals surface area contributed by atoms with Gasteiger partial charge in [0.05, 0.1) is 17.9 Å². The Morgan fingerprint density at radius 2 is 2.06 bits per heavy atom. The number of carboxylic acid groups (broad SMARTS) is 1. The second kappa shape index (κ2) is 5.36. The number of aliphatic hydroxyl groups is 1. The van der Waals surface area contributed by atoms with Crippen LogP contribution in [0.2, 0.25) is 0 Å². The lowest BCUT2D eigenvalue weighted by Gasteiger charge is -2.18. The number of carboxylic acids is 1. The number of hydrogen-bond donors (Lipinski definition) is 4. The van der Waals surface area contributed by atoms with Crippen LogP contribution >= 0.6 is 0 Å². The molecule has 4 N–H and O–H groups in total. The molecule has 1 aliphatic rings. The van der Waals surface area contributed by atoms with Gasteiger partial charge >= 0.3 is 12.0 Å². The standard InChI is InChI=1S/C9H14N2O6S/c1-5(12)7(8(13)14)11-9(15)10-6-2-3-18(16,17)4-6/h2-3,5-7,12H,4H2,1H3,(H,13,14)(H2,10,11,15)/t5-,6?,7+/m1/s1. The van der Waals surface area contributed by atoms with Crippen molar-refractivity contribution in [1.29, 1.82) is 0 Å². The number of carbonyl (C=O) groups is 2. The molecule has 0 aliphatic carbocycles. The average molecular weight is 278 g/mol. The van der Waals surface area contributed by atoms with Gasteiger partial charge in [0, 0.05) is 5.41 Å². The number of carbonyl (C=O) groups excluding carboxylic acids is 1. The summed E-state index contributed by atoms with van der Waals surface area (Å²) in [4.78, 5) is 22.1. The second-order valence-electron chi connectivity index (χ2n) is 3.94. The molecule has 9 heteroatoms. The van der Waals surface area contributed by atoms with E-state index in [1.165, 1.54) is 13.0 Å². The summed E-state index contributed by atoms with van der Waals surface area (Å²) >= 11 is 0. The number of nitrogens with one attached hydrogen (secondary N) is 2. The predicted octanol–water partition coefficient (Wildman–Crippen LogP) is -1.57. The summed E-state index contributed by atoms with van der Waals surface area (Å²) in [5, 5.41) is 23.2. The molecule has 18 heavy (non-hydrogen) atoms. The van der Waals surface area contributed by atoms with Crippen molar-refractivity contribution in [2.45, 2.75) is 25.1 Å². The van der Waals surface area contributed by atoms with Crippen LogP contribution in [0.15, 0.2) is 11.5 Å². The summed E-state index contributed by atoms with van der Waals surface area (Å²) < 4.78 is 22.1. The van der Waals surface area contributed by atoms with E-state index in [1.54, 1.807) is 0 Å². The van der Waals surface area contributed by atoms with E-state index < -0.39 is 40.0 Å². The summed E-state index contributed by atoms with van der Waals surface area (Å²) in [6.07, 6.45) is 0.0312. The molecule has 1 heterocycles. The molecule has 3 atom stereocenters. The SMILES string of the molecule is C[C@@H](O)[C@H](NC(=O)NC1C=CS(=O)(=O)C1)C(=O)O. The van der Waals surface area contributed by atoms with Crippen LogP contribution in [0.25, 0.3) is 0 Å². The molecular formula is C9H14N2O6S. The molecule has 0 radical (unpaired) electrons. The fourth-order valence-electron chi connectivity index (χ4n) is 1.41. The Morgan fingerprint density at radius 3 is 2.44 bits per heavy atom. The van der Waals surface area contributed by atoms with Crippen molar-refractivity contribution in [3.05, 3.63) is 11.5 Å². The number of rotatable bonds is 4. The van der Waals surface area contributed by atoms with E-state index in [-0.39, 0.29) is 5.75 Å². The third-order valence-corrected chi connectivity index (χ3v) is 3.68. The van der Waals surface area contributed by atoms with Gasteiger partial charge < -0.3 is 20.8 Å². The maximum absolute atomic E-state index is 11.4. The predicted molar refractivity (Wildman–Crippen MR) is 61.5 cm³/mol. The van der Waals surface area contributed by atoms with Crippen molar-refractivity contribution in [1.82, 2.24) is 10.6 Å². The smallest absolute Gasteiger partial charge is 0.328 e. The number of aliphatic carboxylic acids is 1. The van der Waals surface area contributed by atoms with Crippen LogP contribution in [0.3, 0.4) is 0 Å². The van der Waals surface area contributed by atoms with Crippen LogP contribution in [-0.4, -0.2) is 54.6 Å². The van der Waals surface area contributed by atoms with Crippen LogP contribution in [0.4, 0.5) is 4.79 Å². The van der Waals surface area contributed by atoms with Crippen molar-refractivity contribution in [2.75, 3.05) is 5.75 Å². The van der Waals surface area contributed by atoms with Crippen LogP contribution in [0.1, 0.15) is 6.92 Å². The molecule has 0 spiro atoms. The van der Waals surface area contributed by atoms with E-state index >= 15 is 0 Å². The topological polar surface area (TPSA) is 133 Å². The fraction of sp³-hybridized carbons (Fsp3) is 0.556. The van der Waals surface area contributed by atoms with Gasteiger partial charge in [-0.2, -0.15) is 0 Å². The highest BCUT2D eigenvalue weighted by Crippen LogP contribution is 2.07. The molecule has 1 rings (SSSR count). The van der Waals surface area contributed by atoms with Crippen molar-refractivity contribution >= 4 is 21.8 Å². The van der Waals surface area contributed by atoms with Gasteiger partial charge in [-0.15, -0.1) is 0 Å². The van der Waals surface area contributed by atoms with Gasteiger partial charge in [0.25, 0.3) is 0 Å². The van der Waals surface area contributed by atoms with E-state index in [9.17, 15) is 18.0 Å². The van der Waals surface area contributed by atoms with Gasteiger partial charge in [0.1, 0.15) is 0 Å². The first-order valence-corrected chi connectivity index (χ1v) is 6.81. The molecule has 0 bridgehead atoms. The first-order valence-electron chi connectivity index (χ1n) is 5.10. The lowest BCUT2D eigenvalue weighted by Crippen LogP contribution is -2.53. The summed E-state index contributed by atoms with van der Waals surface area (Å²) in [6, 6.07) is -3.00. The minimum Gasteiger partial charge on any atom is -0.480 e. The van der Waals surface area contributed by atoms with Crippen molar-refractivity contribution in [3.63, 3.8) is 0 Å². The zero-order chi connectivity index (χ0) is 13.9. The number of aliphatic hydroxyl groups excluding tert-OH is 1. The molecule has 2 amide bonds. The van der Waals surface area contributed by atoms with Gasteiger partial charge in [0.15, 0.2) is 15.9 Å². The Balaban J connectivity index is 2.52. The largest absolute Gasteiger partial charge is 0.480 e. The Bertz CT molecular complexity index is 469. The maximum Gasteiger partial charge on any atom is 0.328 e. The molecule has 0 aromatic heterocycles. The summed E-state index contributed by atoms with van der Waals surface area (Å²) in [5.74, 6) is -1.64. The fourth-order valence-corrected chi connectivity index (χ4v) is 2.64. The third-order valence-electron chi connectivity index (χ3n) is 2.28. The molecule has 102 valence electrons. The van der Waals surface area contributed by atoms with Gasteiger partial charge in [-0.3, -0.25) is 0 Å². The van der Waals surface area contributed by atoms with Crippen molar-refractivity contribution in [3.8, 4) is 0 Å². The molecule has 0 fully saturated rings. The molecule has 1 unspecified atom stereocenters. The molecular weight excluding hydrogens is 264 g/mol. The van der Waals surface area contributed by atoms with E-state index in [0.29, 0.717) is 0 Å². The zero-order valence-electron chi connectivity index (χ0n) is 9.53. The van der Waals surface area contributed by atoms with E-state index in [1.807, 2.05) is 5.32 Å². The summed E-state index contributed by atoms with van der Waals surface area (Å²) in [5.41, 5.74) is 0. The van der Waals surface area contributed by atoms with E-state index in [2.05, 4.69) is 5.32 Å². The first kappa shape index (κ1) is 14.5. The maximum atomic E-state index is 11.4. The van der Waals surface area contributed by atoms with Crippen LogP contribution < -0.4 is 10.6 Å². The van der Waals surface area contributed by atoms with Gasteiger partial charge in [-0.25, -0.2) is 18.0 Å². The van der Waals surface area contributed by atoms with Crippen molar-refractivity contribution < 1.29 is 28.2 Å². The Hall–Kier alpha value is -1.61. The number of amides is 2. The Kier molecular flexibility index (Phi) is 4.30. The molecule has 8 nitrogen and oxygen atoms in total. The molecule has 0 aromatic rings. The minimum atomic E-state index is -3.29. The quantitative estimate of drug-likeness (QED) is 0.491. The van der Waals surface area contributed by atoms with E-state index in [0.717, 1.165) is 5.41 Å². The summed E-state index contributed by atoms with van der Waals surface area (Å²) in [6.45, 7) is 1.22. The molecule has 0 saturated heterocycles.